The molecule has 6 heteroatoms. The van der Waals surface area contributed by atoms with Crippen molar-refractivity contribution >= 4 is 39.1 Å². The van der Waals surface area contributed by atoms with Crippen molar-refractivity contribution in [3.8, 4) is 5.75 Å². The molecule has 0 fully saturated rings. The van der Waals surface area contributed by atoms with E-state index in [4.69, 9.17) is 4.74 Å². The number of amides is 2. The fourth-order valence-corrected chi connectivity index (χ4v) is 2.55. The van der Waals surface area contributed by atoms with E-state index in [0.29, 0.717) is 17.0 Å². The average molecular weight is 405 g/mol. The summed E-state index contributed by atoms with van der Waals surface area (Å²) in [4.78, 5) is 25.5. The zero-order chi connectivity index (χ0) is 18.6. The van der Waals surface area contributed by atoms with E-state index in [9.17, 15) is 9.59 Å². The summed E-state index contributed by atoms with van der Waals surface area (Å²) >= 11 is 3.38. The molecule has 0 radical (unpaired) electrons. The van der Waals surface area contributed by atoms with Crippen molar-refractivity contribution < 1.29 is 14.3 Å². The lowest BCUT2D eigenvalue weighted by molar-refractivity contribution is -0.116. The summed E-state index contributed by atoms with van der Waals surface area (Å²) in [7, 11) is 1.70. The van der Waals surface area contributed by atoms with Crippen LogP contribution in [0.1, 0.15) is 31.1 Å². The lowest BCUT2D eigenvalue weighted by atomic mass is 10.1. The number of hydrogen-bond donors (Lipinski definition) is 1. The molecule has 1 N–H and O–H groups in total. The smallest absolute Gasteiger partial charge is 0.259 e. The van der Waals surface area contributed by atoms with Crippen molar-refractivity contribution in [2.45, 2.75) is 26.9 Å². The van der Waals surface area contributed by atoms with Gasteiger partial charge in [-0.15, -0.1) is 0 Å². The lowest BCUT2D eigenvalue weighted by Crippen LogP contribution is -2.22. The van der Waals surface area contributed by atoms with Gasteiger partial charge in [0.2, 0.25) is 5.91 Å². The van der Waals surface area contributed by atoms with Gasteiger partial charge in [-0.25, -0.2) is 0 Å². The van der Waals surface area contributed by atoms with Crippen molar-refractivity contribution in [1.29, 1.82) is 0 Å². The molecular formula is C19H21BrN2O3. The predicted octanol–water partition coefficient (Wildman–Crippen LogP) is 4.47. The summed E-state index contributed by atoms with van der Waals surface area (Å²) in [6, 6.07) is 12.4. The quantitative estimate of drug-likeness (QED) is 0.799. The molecule has 5 nitrogen and oxygen atoms in total. The molecule has 132 valence electrons. The molecule has 0 saturated heterocycles. The number of carbonyl (C=O) groups is 2. The zero-order valence-electron chi connectivity index (χ0n) is 14.7. The van der Waals surface area contributed by atoms with E-state index in [1.165, 1.54) is 11.8 Å². The van der Waals surface area contributed by atoms with Crippen LogP contribution in [0, 0.1) is 0 Å². The first-order valence-electron chi connectivity index (χ1n) is 7.90. The van der Waals surface area contributed by atoms with Crippen LogP contribution in [-0.2, 0) is 4.79 Å². The van der Waals surface area contributed by atoms with Crippen LogP contribution in [0.2, 0.25) is 0 Å². The van der Waals surface area contributed by atoms with E-state index >= 15 is 0 Å². The molecule has 0 aliphatic rings. The number of nitrogens with zero attached hydrogens (tertiary/aromatic N) is 1. The van der Waals surface area contributed by atoms with Gasteiger partial charge in [-0.1, -0.05) is 15.9 Å². The van der Waals surface area contributed by atoms with Crippen molar-refractivity contribution in [3.63, 3.8) is 0 Å². The first-order chi connectivity index (χ1) is 11.8. The van der Waals surface area contributed by atoms with Crippen LogP contribution in [0.3, 0.4) is 0 Å². The van der Waals surface area contributed by atoms with Gasteiger partial charge in [0.25, 0.3) is 5.91 Å². The highest BCUT2D eigenvalue weighted by Gasteiger charge is 2.15. The lowest BCUT2D eigenvalue weighted by Gasteiger charge is -2.16. The van der Waals surface area contributed by atoms with Gasteiger partial charge < -0.3 is 15.0 Å². The SMILES string of the molecule is CC(=O)N(C)c1ccc(NC(=O)c2cc(Br)ccc2OC(C)C)cc1. The van der Waals surface area contributed by atoms with Gasteiger partial charge in [0.1, 0.15) is 5.75 Å². The molecule has 0 spiro atoms. The monoisotopic (exact) mass is 404 g/mol. The summed E-state index contributed by atoms with van der Waals surface area (Å²) in [5.41, 5.74) is 1.85. The van der Waals surface area contributed by atoms with E-state index in [2.05, 4.69) is 21.2 Å². The number of hydrogen-bond acceptors (Lipinski definition) is 3. The highest BCUT2D eigenvalue weighted by atomic mass is 79.9. The van der Waals surface area contributed by atoms with Crippen molar-refractivity contribution in [2.24, 2.45) is 0 Å². The van der Waals surface area contributed by atoms with Gasteiger partial charge in [0.15, 0.2) is 0 Å². The molecule has 0 bridgehead atoms. The van der Waals surface area contributed by atoms with Crippen molar-refractivity contribution in [2.75, 3.05) is 17.3 Å². The Hall–Kier alpha value is -2.34. The molecule has 0 saturated carbocycles. The Morgan fingerprint density at radius 3 is 2.32 bits per heavy atom. The molecule has 0 heterocycles. The van der Waals surface area contributed by atoms with E-state index in [1.807, 2.05) is 19.9 Å². The third-order valence-corrected chi connectivity index (χ3v) is 4.03. The van der Waals surface area contributed by atoms with Gasteiger partial charge in [0, 0.05) is 29.8 Å². The highest BCUT2D eigenvalue weighted by Crippen LogP contribution is 2.26. The Bertz CT molecular complexity index is 773. The van der Waals surface area contributed by atoms with Gasteiger partial charge in [-0.3, -0.25) is 9.59 Å². The second-order valence-corrected chi connectivity index (χ2v) is 6.80. The molecule has 0 unspecified atom stereocenters. The van der Waals surface area contributed by atoms with Crippen molar-refractivity contribution in [3.05, 3.63) is 52.5 Å². The number of halogens is 1. The molecule has 2 rings (SSSR count). The van der Waals surface area contributed by atoms with E-state index in [-0.39, 0.29) is 17.9 Å². The van der Waals surface area contributed by atoms with Crippen LogP contribution in [0.25, 0.3) is 0 Å². The van der Waals surface area contributed by atoms with Crippen LogP contribution in [-0.4, -0.2) is 25.0 Å². The van der Waals surface area contributed by atoms with Crippen molar-refractivity contribution in [1.82, 2.24) is 0 Å². The minimum absolute atomic E-state index is 0.0332. The normalized spacial score (nSPS) is 10.5. The molecule has 2 amide bonds. The van der Waals surface area contributed by atoms with E-state index in [0.717, 1.165) is 10.2 Å². The van der Waals surface area contributed by atoms with Crippen LogP contribution in [0.15, 0.2) is 46.9 Å². The van der Waals surface area contributed by atoms with Crippen LogP contribution in [0.5, 0.6) is 5.75 Å². The van der Waals surface area contributed by atoms with Gasteiger partial charge in [-0.05, 0) is 56.3 Å². The summed E-state index contributed by atoms with van der Waals surface area (Å²) in [6.07, 6.45) is -0.0332. The number of ether oxygens (including phenoxy) is 1. The third kappa shape index (κ3) is 5.06. The second-order valence-electron chi connectivity index (χ2n) is 5.89. The molecule has 2 aromatic rings. The van der Waals surface area contributed by atoms with Gasteiger partial charge in [-0.2, -0.15) is 0 Å². The highest BCUT2D eigenvalue weighted by molar-refractivity contribution is 9.10. The largest absolute Gasteiger partial charge is 0.490 e. The predicted molar refractivity (Wildman–Crippen MR) is 103 cm³/mol. The average Bonchev–Trinajstić information content (AvgIpc) is 2.56. The Labute approximate surface area is 156 Å². The standard InChI is InChI=1S/C19H21BrN2O3/c1-12(2)25-18-10-5-14(20)11-17(18)19(24)21-15-6-8-16(9-7-15)22(4)13(3)23/h5-12H,1-4H3,(H,21,24). The maximum Gasteiger partial charge on any atom is 0.259 e. The molecule has 25 heavy (non-hydrogen) atoms. The maximum atomic E-state index is 12.6. The fourth-order valence-electron chi connectivity index (χ4n) is 2.18. The van der Waals surface area contributed by atoms with Crippen LogP contribution >= 0.6 is 15.9 Å². The maximum absolute atomic E-state index is 12.6. The van der Waals surface area contributed by atoms with E-state index < -0.39 is 0 Å². The summed E-state index contributed by atoms with van der Waals surface area (Å²) in [5.74, 6) is 0.217. The fraction of sp³-hybridized carbons (Fsp3) is 0.263. The Morgan fingerprint density at radius 1 is 1.12 bits per heavy atom. The summed E-state index contributed by atoms with van der Waals surface area (Å²) in [5, 5.41) is 2.85. The molecule has 2 aromatic carbocycles. The first-order valence-corrected chi connectivity index (χ1v) is 8.69. The topological polar surface area (TPSA) is 58.6 Å². The number of carbonyl (C=O) groups excluding carboxylic acids is 2. The van der Waals surface area contributed by atoms with E-state index in [1.54, 1.807) is 43.4 Å². The molecule has 0 aromatic heterocycles. The minimum atomic E-state index is -0.260. The Kier molecular flexibility index (Phi) is 6.20. The van der Waals surface area contributed by atoms with Gasteiger partial charge >= 0.3 is 0 Å². The molecule has 0 aliphatic heterocycles. The number of nitrogens with one attached hydrogen (secondary N) is 1. The molecular weight excluding hydrogens is 384 g/mol. The number of benzene rings is 2. The Balaban J connectivity index is 2.19. The van der Waals surface area contributed by atoms with Crippen LogP contribution < -0.4 is 15.0 Å². The summed E-state index contributed by atoms with van der Waals surface area (Å²) < 4.78 is 6.51. The van der Waals surface area contributed by atoms with Crippen LogP contribution in [0.4, 0.5) is 11.4 Å². The molecule has 0 atom stereocenters. The third-order valence-electron chi connectivity index (χ3n) is 3.53. The summed E-state index contributed by atoms with van der Waals surface area (Å²) in [6.45, 7) is 5.32. The molecule has 0 aliphatic carbocycles. The Morgan fingerprint density at radius 2 is 1.76 bits per heavy atom. The number of anilines is 2. The first kappa shape index (κ1) is 19.0. The minimum Gasteiger partial charge on any atom is -0.490 e. The number of rotatable bonds is 5. The second kappa shape index (κ2) is 8.16. The van der Waals surface area contributed by atoms with Gasteiger partial charge in [0.05, 0.1) is 11.7 Å². The zero-order valence-corrected chi connectivity index (χ0v) is 16.3.